The maximum absolute atomic E-state index is 11.5. The van der Waals surface area contributed by atoms with Gasteiger partial charge in [0, 0.05) is 32.7 Å². The molecule has 0 aliphatic carbocycles. The molecule has 0 amide bonds. The quantitative estimate of drug-likeness (QED) is 0.756. The van der Waals surface area contributed by atoms with Crippen LogP contribution in [0.2, 0.25) is 0 Å². The first-order valence-electron chi connectivity index (χ1n) is 6.21. The first kappa shape index (κ1) is 12.9. The van der Waals surface area contributed by atoms with Crippen LogP contribution in [0.1, 0.15) is 12.0 Å². The van der Waals surface area contributed by atoms with Gasteiger partial charge in [-0.25, -0.2) is 0 Å². The van der Waals surface area contributed by atoms with Crippen molar-refractivity contribution in [1.29, 1.82) is 0 Å². The minimum Gasteiger partial charge on any atom is -0.464 e. The predicted octanol–water partition coefficient (Wildman–Crippen LogP) is 1.50. The van der Waals surface area contributed by atoms with Crippen molar-refractivity contribution in [2.45, 2.75) is 19.0 Å². The lowest BCUT2D eigenvalue weighted by Gasteiger charge is -2.22. The molecular formula is C14H20N2O2. The zero-order chi connectivity index (χ0) is 13.1. The van der Waals surface area contributed by atoms with Crippen LogP contribution in [-0.2, 0) is 16.1 Å². The van der Waals surface area contributed by atoms with Crippen molar-refractivity contribution in [3.05, 3.63) is 29.8 Å². The van der Waals surface area contributed by atoms with Crippen LogP contribution in [0.5, 0.6) is 0 Å². The maximum Gasteiger partial charge on any atom is 0.323 e. The van der Waals surface area contributed by atoms with E-state index in [4.69, 9.17) is 4.74 Å². The number of hydrogen-bond acceptors (Lipinski definition) is 4. The highest BCUT2D eigenvalue weighted by molar-refractivity contribution is 5.77. The third-order valence-corrected chi connectivity index (χ3v) is 3.30. The molecule has 2 rings (SSSR count). The molecule has 1 aliphatic rings. The average molecular weight is 248 g/mol. The summed E-state index contributed by atoms with van der Waals surface area (Å²) in [6, 6.07) is 8.27. The Morgan fingerprint density at radius 3 is 2.72 bits per heavy atom. The highest BCUT2D eigenvalue weighted by Gasteiger charge is 2.29. The SMILES string of the molecule is CN(C)c1cccc(CN(C)C2CCOC2=O)c1. The van der Waals surface area contributed by atoms with Crippen molar-refractivity contribution in [3.63, 3.8) is 0 Å². The second kappa shape index (κ2) is 5.40. The standard InChI is InChI=1S/C14H20N2O2/c1-15(2)12-6-4-5-11(9-12)10-16(3)13-7-8-18-14(13)17/h4-6,9,13H,7-8,10H2,1-3H3. The highest BCUT2D eigenvalue weighted by Crippen LogP contribution is 2.18. The lowest BCUT2D eigenvalue weighted by molar-refractivity contribution is -0.142. The van der Waals surface area contributed by atoms with Crippen LogP contribution in [0.15, 0.2) is 24.3 Å². The van der Waals surface area contributed by atoms with Crippen molar-refractivity contribution in [1.82, 2.24) is 4.90 Å². The van der Waals surface area contributed by atoms with Crippen molar-refractivity contribution < 1.29 is 9.53 Å². The van der Waals surface area contributed by atoms with E-state index in [2.05, 4.69) is 28.0 Å². The summed E-state index contributed by atoms with van der Waals surface area (Å²) in [7, 11) is 6.02. The molecule has 98 valence electrons. The van der Waals surface area contributed by atoms with Gasteiger partial charge >= 0.3 is 5.97 Å². The number of carbonyl (C=O) groups is 1. The van der Waals surface area contributed by atoms with Crippen LogP contribution in [0.25, 0.3) is 0 Å². The smallest absolute Gasteiger partial charge is 0.323 e. The Labute approximate surface area is 108 Å². The molecule has 1 atom stereocenters. The number of hydrogen-bond donors (Lipinski definition) is 0. The molecule has 1 fully saturated rings. The van der Waals surface area contributed by atoms with Crippen LogP contribution in [-0.4, -0.2) is 44.7 Å². The molecule has 0 saturated carbocycles. The van der Waals surface area contributed by atoms with Gasteiger partial charge in [0.2, 0.25) is 0 Å². The van der Waals surface area contributed by atoms with E-state index in [1.807, 2.05) is 27.2 Å². The topological polar surface area (TPSA) is 32.8 Å². The second-order valence-corrected chi connectivity index (χ2v) is 4.95. The number of rotatable bonds is 4. The summed E-state index contributed by atoms with van der Waals surface area (Å²) in [5.41, 5.74) is 2.39. The number of ether oxygens (including phenoxy) is 1. The van der Waals surface area contributed by atoms with Crippen molar-refractivity contribution in [2.75, 3.05) is 32.6 Å². The Morgan fingerprint density at radius 2 is 2.11 bits per heavy atom. The normalized spacial score (nSPS) is 19.1. The highest BCUT2D eigenvalue weighted by atomic mass is 16.5. The van der Waals surface area contributed by atoms with Crippen molar-refractivity contribution in [2.24, 2.45) is 0 Å². The van der Waals surface area contributed by atoms with Crippen LogP contribution in [0.4, 0.5) is 5.69 Å². The molecule has 0 aromatic heterocycles. The predicted molar refractivity (Wildman–Crippen MR) is 71.6 cm³/mol. The van der Waals surface area contributed by atoms with Gasteiger partial charge in [0.1, 0.15) is 6.04 Å². The Bertz CT molecular complexity index is 432. The molecule has 4 heteroatoms. The molecule has 1 aromatic rings. The molecule has 0 spiro atoms. The Balaban J connectivity index is 2.04. The summed E-state index contributed by atoms with van der Waals surface area (Å²) >= 11 is 0. The Kier molecular flexibility index (Phi) is 3.87. The number of carbonyl (C=O) groups excluding carboxylic acids is 1. The Hall–Kier alpha value is -1.55. The molecule has 1 heterocycles. The molecule has 1 saturated heterocycles. The van der Waals surface area contributed by atoms with Crippen LogP contribution >= 0.6 is 0 Å². The molecule has 0 bridgehead atoms. The van der Waals surface area contributed by atoms with Crippen molar-refractivity contribution >= 4 is 11.7 Å². The number of esters is 1. The van der Waals surface area contributed by atoms with E-state index in [1.165, 1.54) is 11.3 Å². The van der Waals surface area contributed by atoms with Gasteiger partial charge in [0.15, 0.2) is 0 Å². The summed E-state index contributed by atoms with van der Waals surface area (Å²) in [5.74, 6) is -0.0961. The van der Waals surface area contributed by atoms with Crippen LogP contribution < -0.4 is 4.90 Å². The van der Waals surface area contributed by atoms with Gasteiger partial charge in [-0.15, -0.1) is 0 Å². The van der Waals surface area contributed by atoms with Crippen molar-refractivity contribution in [3.8, 4) is 0 Å². The summed E-state index contributed by atoms with van der Waals surface area (Å²) in [6.45, 7) is 1.31. The minimum absolute atomic E-state index is 0.0898. The van der Waals surface area contributed by atoms with Gasteiger partial charge < -0.3 is 9.64 Å². The zero-order valence-corrected chi connectivity index (χ0v) is 11.2. The number of nitrogens with zero attached hydrogens (tertiary/aromatic N) is 2. The molecular weight excluding hydrogens is 228 g/mol. The summed E-state index contributed by atoms with van der Waals surface area (Å²) in [4.78, 5) is 15.6. The molecule has 4 nitrogen and oxygen atoms in total. The molecule has 1 aliphatic heterocycles. The fourth-order valence-corrected chi connectivity index (χ4v) is 2.22. The summed E-state index contributed by atoms with van der Waals surface area (Å²) in [5, 5.41) is 0. The number of anilines is 1. The molecule has 1 aromatic carbocycles. The molecule has 1 unspecified atom stereocenters. The number of benzene rings is 1. The van der Waals surface area contributed by atoms with Gasteiger partial charge in [-0.05, 0) is 24.7 Å². The van der Waals surface area contributed by atoms with Gasteiger partial charge in [-0.1, -0.05) is 12.1 Å². The number of likely N-dealkylation sites (N-methyl/N-ethyl adjacent to an activating group) is 1. The van der Waals surface area contributed by atoms with Gasteiger partial charge in [0.25, 0.3) is 0 Å². The van der Waals surface area contributed by atoms with E-state index in [-0.39, 0.29) is 12.0 Å². The zero-order valence-electron chi connectivity index (χ0n) is 11.2. The van der Waals surface area contributed by atoms with Gasteiger partial charge in [-0.2, -0.15) is 0 Å². The summed E-state index contributed by atoms with van der Waals surface area (Å²) in [6.07, 6.45) is 0.794. The average Bonchev–Trinajstić information content (AvgIpc) is 2.76. The Morgan fingerprint density at radius 1 is 1.33 bits per heavy atom. The lowest BCUT2D eigenvalue weighted by atomic mass is 10.1. The fourth-order valence-electron chi connectivity index (χ4n) is 2.22. The first-order chi connectivity index (χ1) is 8.58. The second-order valence-electron chi connectivity index (χ2n) is 4.95. The molecule has 0 radical (unpaired) electrons. The summed E-state index contributed by atoms with van der Waals surface area (Å²) < 4.78 is 5.00. The van der Waals surface area contributed by atoms with Crippen LogP contribution in [0, 0.1) is 0 Å². The molecule has 18 heavy (non-hydrogen) atoms. The third-order valence-electron chi connectivity index (χ3n) is 3.30. The van der Waals surface area contributed by atoms with E-state index in [0.29, 0.717) is 6.61 Å². The maximum atomic E-state index is 11.5. The van der Waals surface area contributed by atoms with E-state index in [9.17, 15) is 4.79 Å². The van der Waals surface area contributed by atoms with Crippen LogP contribution in [0.3, 0.4) is 0 Å². The first-order valence-corrected chi connectivity index (χ1v) is 6.21. The third kappa shape index (κ3) is 2.82. The van der Waals surface area contributed by atoms with Gasteiger partial charge in [-0.3, -0.25) is 9.69 Å². The monoisotopic (exact) mass is 248 g/mol. The largest absolute Gasteiger partial charge is 0.464 e. The number of cyclic esters (lactones) is 1. The van der Waals surface area contributed by atoms with E-state index in [1.54, 1.807) is 0 Å². The van der Waals surface area contributed by atoms with E-state index in [0.717, 1.165) is 13.0 Å². The van der Waals surface area contributed by atoms with Gasteiger partial charge in [0.05, 0.1) is 6.61 Å². The lowest BCUT2D eigenvalue weighted by Crippen LogP contribution is -2.34. The molecule has 0 N–H and O–H groups in total. The van der Waals surface area contributed by atoms with E-state index < -0.39 is 0 Å². The fraction of sp³-hybridized carbons (Fsp3) is 0.500. The van der Waals surface area contributed by atoms with E-state index >= 15 is 0 Å². The minimum atomic E-state index is -0.0961.